The summed E-state index contributed by atoms with van der Waals surface area (Å²) in [7, 11) is 0. The van der Waals surface area contributed by atoms with Crippen molar-refractivity contribution in [3.05, 3.63) is 48.2 Å². The molecule has 3 aromatic rings. The van der Waals surface area contributed by atoms with Crippen LogP contribution in [0.5, 0.6) is 0 Å². The summed E-state index contributed by atoms with van der Waals surface area (Å²) >= 11 is 0. The smallest absolute Gasteiger partial charge is 0.340 e. The Morgan fingerprint density at radius 2 is 1.95 bits per heavy atom. The van der Waals surface area contributed by atoms with Crippen LogP contribution in [0, 0.1) is 0 Å². The van der Waals surface area contributed by atoms with Gasteiger partial charge >= 0.3 is 6.18 Å². The molecule has 0 aliphatic carbocycles. The fraction of sp³-hybridized carbons (Fsp3) is 0.0769. The Kier molecular flexibility index (Phi) is 3.45. The predicted molar refractivity (Wildman–Crippen MR) is 72.1 cm³/mol. The third-order valence-corrected chi connectivity index (χ3v) is 2.85. The fourth-order valence-corrected chi connectivity index (χ4v) is 1.87. The lowest BCUT2D eigenvalue weighted by atomic mass is 10.2. The van der Waals surface area contributed by atoms with Crippen molar-refractivity contribution in [1.29, 1.82) is 0 Å². The first-order chi connectivity index (χ1) is 10.5. The molecule has 2 aromatic heterocycles. The van der Waals surface area contributed by atoms with Crippen LogP contribution in [0.25, 0.3) is 11.4 Å². The summed E-state index contributed by atoms with van der Waals surface area (Å²) < 4.78 is 38.2. The largest absolute Gasteiger partial charge is 0.416 e. The van der Waals surface area contributed by atoms with Gasteiger partial charge in [-0.1, -0.05) is 6.07 Å². The zero-order valence-electron chi connectivity index (χ0n) is 11.0. The first kappa shape index (κ1) is 14.0. The van der Waals surface area contributed by atoms with Crippen LogP contribution in [0.15, 0.2) is 42.6 Å². The van der Waals surface area contributed by atoms with Crippen molar-refractivity contribution in [3.8, 4) is 11.4 Å². The van der Waals surface area contributed by atoms with Crippen molar-refractivity contribution in [3.63, 3.8) is 0 Å². The summed E-state index contributed by atoms with van der Waals surface area (Å²) in [6.45, 7) is 0. The molecule has 0 saturated carbocycles. The van der Waals surface area contributed by atoms with E-state index in [9.17, 15) is 13.2 Å². The van der Waals surface area contributed by atoms with E-state index in [-0.39, 0.29) is 5.69 Å². The molecular formula is C13H9F3N6. The lowest BCUT2D eigenvalue weighted by molar-refractivity contribution is -0.137. The maximum Gasteiger partial charge on any atom is 0.416 e. The quantitative estimate of drug-likeness (QED) is 0.777. The standard InChI is InChI=1S/C13H9F3N6/c14-13(15,16)8-3-1-4-9(7-8)18-11-10(5-2-6-17-11)12-19-21-22-20-12/h1-7H,(H,17,18)(H,19,20,21,22). The minimum absolute atomic E-state index is 0.262. The molecule has 2 heterocycles. The van der Waals surface area contributed by atoms with Gasteiger partial charge in [-0.25, -0.2) is 4.98 Å². The van der Waals surface area contributed by atoms with E-state index in [1.165, 1.54) is 18.3 Å². The summed E-state index contributed by atoms with van der Waals surface area (Å²) in [5, 5.41) is 16.3. The van der Waals surface area contributed by atoms with Crippen LogP contribution in [-0.2, 0) is 6.18 Å². The number of alkyl halides is 3. The number of hydrogen-bond donors (Lipinski definition) is 2. The zero-order chi connectivity index (χ0) is 15.6. The number of anilines is 2. The van der Waals surface area contributed by atoms with E-state index in [0.29, 0.717) is 17.2 Å². The van der Waals surface area contributed by atoms with E-state index in [1.807, 2.05) is 0 Å². The molecule has 9 heteroatoms. The Balaban J connectivity index is 1.95. The number of benzene rings is 1. The highest BCUT2D eigenvalue weighted by Crippen LogP contribution is 2.32. The number of pyridine rings is 1. The number of tetrazole rings is 1. The molecule has 22 heavy (non-hydrogen) atoms. The molecule has 0 atom stereocenters. The second-order valence-corrected chi connectivity index (χ2v) is 4.34. The highest BCUT2D eigenvalue weighted by atomic mass is 19.4. The normalized spacial score (nSPS) is 11.4. The van der Waals surface area contributed by atoms with Gasteiger partial charge in [0.15, 0.2) is 0 Å². The number of rotatable bonds is 3. The SMILES string of the molecule is FC(F)(F)c1cccc(Nc2ncccc2-c2nn[nH]n2)c1. The van der Waals surface area contributed by atoms with Crippen LogP contribution in [0.1, 0.15) is 5.56 Å². The van der Waals surface area contributed by atoms with Gasteiger partial charge in [-0.05, 0) is 35.5 Å². The first-order valence-corrected chi connectivity index (χ1v) is 6.17. The van der Waals surface area contributed by atoms with E-state index < -0.39 is 11.7 Å². The van der Waals surface area contributed by atoms with E-state index in [1.54, 1.807) is 12.1 Å². The van der Waals surface area contributed by atoms with Crippen molar-refractivity contribution in [2.75, 3.05) is 5.32 Å². The molecule has 0 aliphatic heterocycles. The first-order valence-electron chi connectivity index (χ1n) is 6.17. The Hall–Kier alpha value is -2.97. The van der Waals surface area contributed by atoms with Gasteiger partial charge in [0.25, 0.3) is 0 Å². The monoisotopic (exact) mass is 306 g/mol. The fourth-order valence-electron chi connectivity index (χ4n) is 1.87. The summed E-state index contributed by atoms with van der Waals surface area (Å²) in [6, 6.07) is 8.21. The maximum atomic E-state index is 12.7. The molecule has 0 amide bonds. The third kappa shape index (κ3) is 2.87. The maximum absolute atomic E-state index is 12.7. The second kappa shape index (κ2) is 5.43. The number of aromatic nitrogens is 5. The molecule has 0 bridgehead atoms. The summed E-state index contributed by atoms with van der Waals surface area (Å²) in [5.41, 5.74) is 0.0430. The van der Waals surface area contributed by atoms with Crippen molar-refractivity contribution in [1.82, 2.24) is 25.6 Å². The van der Waals surface area contributed by atoms with Crippen LogP contribution < -0.4 is 5.32 Å². The minimum Gasteiger partial charge on any atom is -0.340 e. The van der Waals surface area contributed by atoms with E-state index in [4.69, 9.17) is 0 Å². The number of nitrogens with one attached hydrogen (secondary N) is 2. The average Bonchev–Trinajstić information content (AvgIpc) is 3.01. The van der Waals surface area contributed by atoms with Crippen molar-refractivity contribution >= 4 is 11.5 Å². The number of hydrogen-bond acceptors (Lipinski definition) is 5. The summed E-state index contributed by atoms with van der Waals surface area (Å²) in [6.07, 6.45) is -2.89. The summed E-state index contributed by atoms with van der Waals surface area (Å²) in [5.74, 6) is 0.630. The van der Waals surface area contributed by atoms with Crippen LogP contribution in [0.4, 0.5) is 24.7 Å². The molecule has 112 valence electrons. The van der Waals surface area contributed by atoms with Crippen LogP contribution >= 0.6 is 0 Å². The van der Waals surface area contributed by atoms with E-state index >= 15 is 0 Å². The molecule has 0 aliphatic rings. The number of aromatic amines is 1. The molecule has 0 spiro atoms. The Morgan fingerprint density at radius 3 is 2.68 bits per heavy atom. The van der Waals surface area contributed by atoms with Crippen molar-refractivity contribution < 1.29 is 13.2 Å². The Morgan fingerprint density at radius 1 is 1.09 bits per heavy atom. The molecule has 3 rings (SSSR count). The third-order valence-electron chi connectivity index (χ3n) is 2.85. The molecule has 1 aromatic carbocycles. The Labute approximate surface area is 122 Å². The molecule has 0 unspecified atom stereocenters. The van der Waals surface area contributed by atoms with Crippen molar-refractivity contribution in [2.45, 2.75) is 6.18 Å². The lowest BCUT2D eigenvalue weighted by Crippen LogP contribution is -2.05. The highest BCUT2D eigenvalue weighted by Gasteiger charge is 2.30. The second-order valence-electron chi connectivity index (χ2n) is 4.34. The zero-order valence-corrected chi connectivity index (χ0v) is 11.0. The molecule has 0 radical (unpaired) electrons. The number of halogens is 3. The predicted octanol–water partition coefficient (Wildman–Crippen LogP) is 3.02. The van der Waals surface area contributed by atoms with Gasteiger partial charge in [0.1, 0.15) is 5.82 Å². The van der Waals surface area contributed by atoms with Crippen LogP contribution in [-0.4, -0.2) is 25.6 Å². The number of H-pyrrole nitrogens is 1. The van der Waals surface area contributed by atoms with Gasteiger partial charge in [0.05, 0.1) is 11.1 Å². The molecule has 2 N–H and O–H groups in total. The number of nitrogens with zero attached hydrogens (tertiary/aromatic N) is 4. The van der Waals surface area contributed by atoms with E-state index in [2.05, 4.69) is 30.9 Å². The molecule has 0 saturated heterocycles. The minimum atomic E-state index is -4.40. The van der Waals surface area contributed by atoms with Gasteiger partial charge in [0, 0.05) is 11.9 Å². The average molecular weight is 306 g/mol. The van der Waals surface area contributed by atoms with Gasteiger partial charge in [-0.15, -0.1) is 10.2 Å². The lowest BCUT2D eigenvalue weighted by Gasteiger charge is -2.11. The Bertz CT molecular complexity index is 769. The molecule has 6 nitrogen and oxygen atoms in total. The van der Waals surface area contributed by atoms with Crippen molar-refractivity contribution in [2.24, 2.45) is 0 Å². The van der Waals surface area contributed by atoms with Gasteiger partial charge in [-0.3, -0.25) is 0 Å². The van der Waals surface area contributed by atoms with Gasteiger partial charge < -0.3 is 5.32 Å². The molecular weight excluding hydrogens is 297 g/mol. The summed E-state index contributed by atoms with van der Waals surface area (Å²) in [4.78, 5) is 4.11. The van der Waals surface area contributed by atoms with Crippen LogP contribution in [0.2, 0.25) is 0 Å². The topological polar surface area (TPSA) is 79.4 Å². The van der Waals surface area contributed by atoms with Gasteiger partial charge in [0.2, 0.25) is 5.82 Å². The highest BCUT2D eigenvalue weighted by molar-refractivity contribution is 5.74. The van der Waals surface area contributed by atoms with E-state index in [0.717, 1.165) is 12.1 Å². The van der Waals surface area contributed by atoms with Crippen LogP contribution in [0.3, 0.4) is 0 Å². The molecule has 0 fully saturated rings. The van der Waals surface area contributed by atoms with Gasteiger partial charge in [-0.2, -0.15) is 18.4 Å².